The molecule has 24 heavy (non-hydrogen) atoms. The van der Waals surface area contributed by atoms with E-state index in [1.165, 1.54) is 0 Å². The SMILES string of the molecule is Nc1nc2c(c(=O)[nH]1)NC1C(=N2)O/C(=C/OP(=O)(O)O)C(S)=C1S. The summed E-state index contributed by atoms with van der Waals surface area (Å²) >= 11 is 8.45. The monoisotopic (exact) mass is 391 g/mol. The highest BCUT2D eigenvalue weighted by molar-refractivity contribution is 7.88. The van der Waals surface area contributed by atoms with Gasteiger partial charge in [0.05, 0.1) is 4.91 Å². The van der Waals surface area contributed by atoms with E-state index in [2.05, 4.69) is 50.1 Å². The summed E-state index contributed by atoms with van der Waals surface area (Å²) in [5, 5.41) is 2.85. The Morgan fingerprint density at radius 2 is 2.12 bits per heavy atom. The van der Waals surface area contributed by atoms with Crippen molar-refractivity contribution in [1.82, 2.24) is 9.97 Å². The minimum absolute atomic E-state index is 0.00139. The molecule has 2 aliphatic rings. The number of nitrogen functional groups attached to an aromatic ring is 1. The van der Waals surface area contributed by atoms with Gasteiger partial charge >= 0.3 is 7.82 Å². The van der Waals surface area contributed by atoms with E-state index in [0.29, 0.717) is 11.2 Å². The number of nitrogens with one attached hydrogen (secondary N) is 2. The third-order valence-electron chi connectivity index (χ3n) is 2.93. The first-order valence-corrected chi connectivity index (χ1v) is 8.57. The second kappa shape index (κ2) is 5.86. The van der Waals surface area contributed by atoms with Crippen molar-refractivity contribution in [3.05, 3.63) is 32.2 Å². The molecule has 0 spiro atoms. The number of hydrogen-bond donors (Lipinski definition) is 7. The van der Waals surface area contributed by atoms with Gasteiger partial charge in [0.2, 0.25) is 11.8 Å². The summed E-state index contributed by atoms with van der Waals surface area (Å²) in [6.45, 7) is 0. The van der Waals surface area contributed by atoms with E-state index in [-0.39, 0.29) is 34.0 Å². The number of anilines is 2. The molecule has 1 aromatic heterocycles. The standard InChI is InChI=1S/C10H10N5O6PS2/c11-10-14-7-4(8(16)15-10)12-3-6(24)5(23)2(21-9(3)13-7)1-20-22(17,18)19/h1,3,12,23-24H,(H2,17,18,19)(H3,11,14,15,16)/b2-1+. The fourth-order valence-electron chi connectivity index (χ4n) is 1.95. The number of ether oxygens (including phenoxy) is 1. The Labute approximate surface area is 144 Å². The first-order valence-electron chi connectivity index (χ1n) is 6.15. The molecule has 1 aromatic rings. The van der Waals surface area contributed by atoms with Crippen molar-refractivity contribution in [2.75, 3.05) is 11.1 Å². The first kappa shape index (κ1) is 16.9. The number of fused-ring (bicyclic) bond motifs is 2. The minimum atomic E-state index is -4.75. The lowest BCUT2D eigenvalue weighted by Crippen LogP contribution is -2.39. The van der Waals surface area contributed by atoms with Crippen LogP contribution >= 0.6 is 33.1 Å². The first-order chi connectivity index (χ1) is 11.2. The van der Waals surface area contributed by atoms with Crippen LogP contribution < -0.4 is 16.6 Å². The number of aromatic nitrogens is 2. The van der Waals surface area contributed by atoms with E-state index in [9.17, 15) is 9.36 Å². The predicted octanol–water partition coefficient (Wildman–Crippen LogP) is 0.228. The summed E-state index contributed by atoms with van der Waals surface area (Å²) in [6, 6.07) is -0.730. The quantitative estimate of drug-likeness (QED) is 0.212. The van der Waals surface area contributed by atoms with Crippen LogP contribution in [0.3, 0.4) is 0 Å². The lowest BCUT2D eigenvalue weighted by molar-refractivity contribution is 0.249. The van der Waals surface area contributed by atoms with Crippen LogP contribution in [0.1, 0.15) is 0 Å². The minimum Gasteiger partial charge on any atom is -0.436 e. The predicted molar refractivity (Wildman–Crippen MR) is 91.1 cm³/mol. The van der Waals surface area contributed by atoms with Crippen LogP contribution in [0, 0.1) is 0 Å². The molecular formula is C10H10N5O6PS2. The highest BCUT2D eigenvalue weighted by Crippen LogP contribution is 2.40. The second-order valence-electron chi connectivity index (χ2n) is 4.59. The molecule has 0 saturated heterocycles. The molecule has 0 saturated carbocycles. The van der Waals surface area contributed by atoms with Gasteiger partial charge in [-0.05, 0) is 0 Å². The van der Waals surface area contributed by atoms with E-state index < -0.39 is 19.4 Å². The summed E-state index contributed by atoms with van der Waals surface area (Å²) in [4.78, 5) is 40.1. The van der Waals surface area contributed by atoms with Crippen molar-refractivity contribution in [1.29, 1.82) is 0 Å². The van der Waals surface area contributed by atoms with E-state index in [4.69, 9.17) is 20.3 Å². The molecule has 0 radical (unpaired) electrons. The third kappa shape index (κ3) is 3.16. The average molecular weight is 391 g/mol. The lowest BCUT2D eigenvalue weighted by atomic mass is 10.1. The zero-order chi connectivity index (χ0) is 17.6. The molecule has 3 rings (SSSR count). The normalized spacial score (nSPS) is 21.4. The zero-order valence-corrected chi connectivity index (χ0v) is 14.2. The summed E-state index contributed by atoms with van der Waals surface area (Å²) in [5.74, 6) is -0.217. The number of H-pyrrole nitrogens is 1. The Hall–Kier alpha value is -1.92. The van der Waals surface area contributed by atoms with Gasteiger partial charge in [-0.2, -0.15) is 9.98 Å². The van der Waals surface area contributed by atoms with Crippen molar-refractivity contribution in [2.24, 2.45) is 4.99 Å². The van der Waals surface area contributed by atoms with Crippen LogP contribution in [0.2, 0.25) is 0 Å². The smallest absolute Gasteiger partial charge is 0.436 e. The van der Waals surface area contributed by atoms with Gasteiger partial charge in [-0.3, -0.25) is 19.6 Å². The Morgan fingerprint density at radius 3 is 2.79 bits per heavy atom. The van der Waals surface area contributed by atoms with Crippen molar-refractivity contribution in [2.45, 2.75) is 6.04 Å². The van der Waals surface area contributed by atoms with Gasteiger partial charge in [0.1, 0.15) is 18.0 Å². The highest BCUT2D eigenvalue weighted by Gasteiger charge is 2.35. The zero-order valence-electron chi connectivity index (χ0n) is 11.5. The van der Waals surface area contributed by atoms with Crippen LogP contribution in [0.5, 0.6) is 0 Å². The number of thiol groups is 2. The van der Waals surface area contributed by atoms with E-state index in [0.717, 1.165) is 0 Å². The molecule has 1 atom stereocenters. The fourth-order valence-corrected chi connectivity index (χ4v) is 2.70. The van der Waals surface area contributed by atoms with Gasteiger partial charge in [0.25, 0.3) is 5.56 Å². The molecule has 1 unspecified atom stereocenters. The van der Waals surface area contributed by atoms with Crippen LogP contribution in [0.25, 0.3) is 0 Å². The number of phosphoric ester groups is 1. The summed E-state index contributed by atoms with van der Waals surface area (Å²) in [5.41, 5.74) is 5.02. The Bertz CT molecular complexity index is 919. The van der Waals surface area contributed by atoms with Gasteiger partial charge in [-0.1, -0.05) is 0 Å². The molecule has 0 aromatic carbocycles. The van der Waals surface area contributed by atoms with Gasteiger partial charge < -0.3 is 20.3 Å². The van der Waals surface area contributed by atoms with Crippen LogP contribution in [-0.2, 0) is 13.8 Å². The molecule has 3 heterocycles. The average Bonchev–Trinajstić information content (AvgIpc) is 2.47. The molecule has 0 fully saturated rings. The number of rotatable bonds is 2. The topological polar surface area (TPSA) is 172 Å². The molecule has 128 valence electrons. The fraction of sp³-hybridized carbons (Fsp3) is 0.100. The number of nitrogens with two attached hydrogens (primary N) is 1. The highest BCUT2D eigenvalue weighted by atomic mass is 32.1. The van der Waals surface area contributed by atoms with E-state index >= 15 is 0 Å². The Balaban J connectivity index is 2.05. The number of aliphatic imine (C=N–C) groups is 1. The number of hydrogen-bond acceptors (Lipinski definition) is 10. The molecule has 0 bridgehead atoms. The van der Waals surface area contributed by atoms with Crippen molar-refractivity contribution < 1.29 is 23.6 Å². The van der Waals surface area contributed by atoms with Crippen molar-refractivity contribution in [3.63, 3.8) is 0 Å². The van der Waals surface area contributed by atoms with Crippen LogP contribution in [-0.4, -0.2) is 31.7 Å². The van der Waals surface area contributed by atoms with Gasteiger partial charge in [-0.25, -0.2) is 4.57 Å². The van der Waals surface area contributed by atoms with Crippen molar-refractivity contribution in [3.8, 4) is 0 Å². The summed E-state index contributed by atoms with van der Waals surface area (Å²) < 4.78 is 20.5. The van der Waals surface area contributed by atoms with Crippen LogP contribution in [0.15, 0.2) is 31.6 Å². The van der Waals surface area contributed by atoms with Gasteiger partial charge in [0, 0.05) is 4.91 Å². The van der Waals surface area contributed by atoms with Crippen molar-refractivity contribution >= 4 is 56.4 Å². The number of phosphoric acid groups is 1. The number of nitrogens with zero attached hydrogens (tertiary/aromatic N) is 2. The molecule has 14 heteroatoms. The second-order valence-corrected chi connectivity index (χ2v) is 6.71. The Kier molecular flexibility index (Phi) is 4.13. The molecule has 0 amide bonds. The maximum Gasteiger partial charge on any atom is 0.524 e. The largest absolute Gasteiger partial charge is 0.524 e. The Morgan fingerprint density at radius 1 is 1.42 bits per heavy atom. The molecule has 2 aliphatic heterocycles. The third-order valence-corrected chi connectivity index (χ3v) is 4.43. The summed E-state index contributed by atoms with van der Waals surface area (Å²) in [6.07, 6.45) is 0.702. The number of aromatic amines is 1. The van der Waals surface area contributed by atoms with Gasteiger partial charge in [-0.15, -0.1) is 25.3 Å². The van der Waals surface area contributed by atoms with E-state index in [1.807, 2.05) is 0 Å². The maximum absolute atomic E-state index is 11.9. The molecular weight excluding hydrogens is 381 g/mol. The van der Waals surface area contributed by atoms with Gasteiger partial charge in [0.15, 0.2) is 11.6 Å². The van der Waals surface area contributed by atoms with Crippen LogP contribution in [0.4, 0.5) is 17.5 Å². The molecule has 11 nitrogen and oxygen atoms in total. The lowest BCUT2D eigenvalue weighted by Gasteiger charge is -2.31. The molecule has 6 N–H and O–H groups in total. The maximum atomic E-state index is 11.9. The summed E-state index contributed by atoms with van der Waals surface area (Å²) in [7, 11) is -4.75. The van der Waals surface area contributed by atoms with E-state index in [1.54, 1.807) is 0 Å². The molecule has 0 aliphatic carbocycles.